The van der Waals surface area contributed by atoms with Crippen LogP contribution in [0.1, 0.15) is 44.9 Å². The molecule has 5 nitrogen and oxygen atoms in total. The first-order chi connectivity index (χ1) is 9.02. The van der Waals surface area contributed by atoms with Crippen molar-refractivity contribution in [2.45, 2.75) is 44.9 Å². The summed E-state index contributed by atoms with van der Waals surface area (Å²) in [6.45, 7) is 0.980. The fourth-order valence-electron chi connectivity index (χ4n) is 2.65. The van der Waals surface area contributed by atoms with E-state index in [1.807, 2.05) is 0 Å². The summed E-state index contributed by atoms with van der Waals surface area (Å²) in [4.78, 5) is 25.3. The molecule has 0 unspecified atom stereocenters. The van der Waals surface area contributed by atoms with Gasteiger partial charge in [-0.1, -0.05) is 25.7 Å². The fourth-order valence-corrected chi connectivity index (χ4v) is 2.65. The van der Waals surface area contributed by atoms with E-state index in [1.54, 1.807) is 19.1 Å². The van der Waals surface area contributed by atoms with Gasteiger partial charge in [0.2, 0.25) is 5.91 Å². The van der Waals surface area contributed by atoms with Gasteiger partial charge in [-0.25, -0.2) is 0 Å². The van der Waals surface area contributed by atoms with Gasteiger partial charge in [0.05, 0.1) is 12.0 Å². The second-order valence-corrected chi connectivity index (χ2v) is 5.48. The molecule has 19 heavy (non-hydrogen) atoms. The summed E-state index contributed by atoms with van der Waals surface area (Å²) in [7, 11) is 3.29. The van der Waals surface area contributed by atoms with Gasteiger partial charge in [0.25, 0.3) is 0 Å². The van der Waals surface area contributed by atoms with Crippen molar-refractivity contribution in [2.24, 2.45) is 5.41 Å². The maximum Gasteiger partial charge on any atom is 0.310 e. The topological polar surface area (TPSA) is 66.8 Å². The van der Waals surface area contributed by atoms with Gasteiger partial charge in [-0.3, -0.25) is 9.59 Å². The van der Waals surface area contributed by atoms with Crippen molar-refractivity contribution >= 4 is 11.9 Å². The monoisotopic (exact) mass is 271 g/mol. The number of hydrogen-bond donors (Lipinski definition) is 1. The average Bonchev–Trinajstić information content (AvgIpc) is 2.62. The quantitative estimate of drug-likeness (QED) is 0.749. The molecule has 1 saturated carbocycles. The minimum atomic E-state index is -0.852. The van der Waals surface area contributed by atoms with Crippen molar-refractivity contribution < 1.29 is 19.4 Å². The zero-order valence-electron chi connectivity index (χ0n) is 12.0. The first kappa shape index (κ1) is 16.0. The normalized spacial score (nSPS) is 18.6. The summed E-state index contributed by atoms with van der Waals surface area (Å²) in [5.41, 5.74) is -0.852. The highest BCUT2D eigenvalue weighted by Gasteiger charge is 2.41. The third-order valence-corrected chi connectivity index (χ3v) is 4.06. The highest BCUT2D eigenvalue weighted by atomic mass is 16.5. The lowest BCUT2D eigenvalue weighted by Gasteiger charge is -2.29. The maximum atomic E-state index is 12.1. The molecule has 0 saturated heterocycles. The molecular formula is C14H25NO4. The standard InChI is InChI=1S/C14H25NO4/c1-15(9-10-19-2)12(16)11-14(13(17)18)7-5-3-4-6-8-14/h3-11H2,1-2H3,(H,17,18). The molecule has 0 aromatic rings. The number of carbonyl (C=O) groups excluding carboxylic acids is 1. The van der Waals surface area contributed by atoms with Gasteiger partial charge in [0, 0.05) is 27.1 Å². The maximum absolute atomic E-state index is 12.1. The van der Waals surface area contributed by atoms with Crippen LogP contribution in [-0.2, 0) is 14.3 Å². The molecule has 1 fully saturated rings. The third-order valence-electron chi connectivity index (χ3n) is 4.06. The lowest BCUT2D eigenvalue weighted by molar-refractivity contribution is -0.154. The first-order valence-corrected chi connectivity index (χ1v) is 6.98. The Morgan fingerprint density at radius 1 is 1.21 bits per heavy atom. The van der Waals surface area contributed by atoms with Gasteiger partial charge in [0.15, 0.2) is 0 Å². The molecular weight excluding hydrogens is 246 g/mol. The van der Waals surface area contributed by atoms with Crippen molar-refractivity contribution in [1.82, 2.24) is 4.90 Å². The van der Waals surface area contributed by atoms with Crippen molar-refractivity contribution in [2.75, 3.05) is 27.3 Å². The van der Waals surface area contributed by atoms with Crippen molar-refractivity contribution in [1.29, 1.82) is 0 Å². The fraction of sp³-hybridized carbons (Fsp3) is 0.857. The molecule has 0 aromatic carbocycles. The summed E-state index contributed by atoms with van der Waals surface area (Å²) < 4.78 is 4.94. The Labute approximate surface area is 114 Å². The van der Waals surface area contributed by atoms with Gasteiger partial charge in [-0.2, -0.15) is 0 Å². The van der Waals surface area contributed by atoms with Gasteiger partial charge < -0.3 is 14.7 Å². The van der Waals surface area contributed by atoms with Crippen LogP contribution in [0, 0.1) is 5.41 Å². The van der Waals surface area contributed by atoms with Crippen molar-refractivity contribution in [3.05, 3.63) is 0 Å². The van der Waals surface area contributed by atoms with Crippen LogP contribution in [0.3, 0.4) is 0 Å². The van der Waals surface area contributed by atoms with E-state index in [0.29, 0.717) is 26.0 Å². The SMILES string of the molecule is COCCN(C)C(=O)CC1(C(=O)O)CCCCCC1. The molecule has 0 spiro atoms. The van der Waals surface area contributed by atoms with Gasteiger partial charge in [-0.15, -0.1) is 0 Å². The first-order valence-electron chi connectivity index (χ1n) is 6.98. The van der Waals surface area contributed by atoms with E-state index in [0.717, 1.165) is 25.7 Å². The van der Waals surface area contributed by atoms with Crippen molar-refractivity contribution in [3.8, 4) is 0 Å². The van der Waals surface area contributed by atoms with E-state index >= 15 is 0 Å². The molecule has 1 amide bonds. The zero-order valence-corrected chi connectivity index (χ0v) is 12.0. The van der Waals surface area contributed by atoms with Crippen LogP contribution in [0.15, 0.2) is 0 Å². The largest absolute Gasteiger partial charge is 0.481 e. The van der Waals surface area contributed by atoms with Gasteiger partial charge >= 0.3 is 5.97 Å². The molecule has 1 aliphatic carbocycles. The molecule has 110 valence electrons. The van der Waals surface area contributed by atoms with E-state index in [4.69, 9.17) is 4.74 Å². The van der Waals surface area contributed by atoms with Gasteiger partial charge in [0.1, 0.15) is 0 Å². The van der Waals surface area contributed by atoms with Crippen LogP contribution >= 0.6 is 0 Å². The summed E-state index contributed by atoms with van der Waals surface area (Å²) in [6, 6.07) is 0. The third kappa shape index (κ3) is 4.49. The number of amides is 1. The summed E-state index contributed by atoms with van der Waals surface area (Å²) in [6.07, 6.45) is 5.30. The number of methoxy groups -OCH3 is 1. The minimum Gasteiger partial charge on any atom is -0.481 e. The molecule has 0 radical (unpaired) electrons. The number of carboxylic acid groups (broad SMARTS) is 1. The number of hydrogen-bond acceptors (Lipinski definition) is 3. The van der Waals surface area contributed by atoms with Crippen LogP contribution in [0.5, 0.6) is 0 Å². The number of rotatable bonds is 6. The summed E-state index contributed by atoms with van der Waals surface area (Å²) in [5.74, 6) is -0.913. The predicted octanol–water partition coefficient (Wildman–Crippen LogP) is 1.91. The Hall–Kier alpha value is -1.10. The number of nitrogens with zero attached hydrogens (tertiary/aromatic N) is 1. The molecule has 1 rings (SSSR count). The van der Waals surface area contributed by atoms with E-state index in [2.05, 4.69) is 0 Å². The molecule has 0 aliphatic heterocycles. The Balaban J connectivity index is 2.67. The molecule has 1 aliphatic rings. The van der Waals surface area contributed by atoms with Crippen LogP contribution < -0.4 is 0 Å². The highest BCUT2D eigenvalue weighted by molar-refractivity contribution is 5.84. The average molecular weight is 271 g/mol. The predicted molar refractivity (Wildman–Crippen MR) is 71.9 cm³/mol. The molecule has 5 heteroatoms. The number of carbonyl (C=O) groups is 2. The van der Waals surface area contributed by atoms with Gasteiger partial charge in [-0.05, 0) is 12.8 Å². The summed E-state index contributed by atoms with van der Waals surface area (Å²) >= 11 is 0. The Bertz CT molecular complexity index is 309. The van der Waals surface area contributed by atoms with E-state index < -0.39 is 11.4 Å². The van der Waals surface area contributed by atoms with Crippen molar-refractivity contribution in [3.63, 3.8) is 0 Å². The molecule has 0 aromatic heterocycles. The number of likely N-dealkylation sites (N-methyl/N-ethyl adjacent to an activating group) is 1. The van der Waals surface area contributed by atoms with Crippen LogP contribution in [0.25, 0.3) is 0 Å². The number of ether oxygens (including phenoxy) is 1. The minimum absolute atomic E-state index is 0.0960. The Morgan fingerprint density at radius 2 is 1.79 bits per heavy atom. The molecule has 0 atom stereocenters. The number of aliphatic carboxylic acids is 1. The Kier molecular flexibility index (Phi) is 6.28. The van der Waals surface area contributed by atoms with E-state index in [-0.39, 0.29) is 12.3 Å². The number of carboxylic acids is 1. The second kappa shape index (κ2) is 7.48. The summed E-state index contributed by atoms with van der Waals surface area (Å²) in [5, 5.41) is 9.53. The lowest BCUT2D eigenvalue weighted by Crippen LogP contribution is -2.39. The second-order valence-electron chi connectivity index (χ2n) is 5.48. The van der Waals surface area contributed by atoms with Crippen LogP contribution in [0.4, 0.5) is 0 Å². The van der Waals surface area contributed by atoms with Crippen LogP contribution in [0.2, 0.25) is 0 Å². The molecule has 1 N–H and O–H groups in total. The lowest BCUT2D eigenvalue weighted by atomic mass is 9.77. The molecule has 0 heterocycles. The Morgan fingerprint density at radius 3 is 2.26 bits per heavy atom. The van der Waals surface area contributed by atoms with E-state index in [9.17, 15) is 14.7 Å². The molecule has 0 bridgehead atoms. The van der Waals surface area contributed by atoms with E-state index in [1.165, 1.54) is 0 Å². The smallest absolute Gasteiger partial charge is 0.310 e. The van der Waals surface area contributed by atoms with Crippen LogP contribution in [-0.4, -0.2) is 49.2 Å². The highest BCUT2D eigenvalue weighted by Crippen LogP contribution is 2.38. The zero-order chi connectivity index (χ0) is 14.3.